The van der Waals surface area contributed by atoms with Gasteiger partial charge in [0, 0.05) is 22.3 Å². The van der Waals surface area contributed by atoms with Crippen molar-refractivity contribution in [2.75, 3.05) is 5.73 Å². The summed E-state index contributed by atoms with van der Waals surface area (Å²) in [6.07, 6.45) is 0. The minimum absolute atomic E-state index is 0.553. The summed E-state index contributed by atoms with van der Waals surface area (Å²) in [6.45, 7) is 1.96. The predicted molar refractivity (Wildman–Crippen MR) is 73.6 cm³/mol. The van der Waals surface area contributed by atoms with Crippen LogP contribution in [0, 0.1) is 6.92 Å². The summed E-state index contributed by atoms with van der Waals surface area (Å²) in [4.78, 5) is 4.41. The second kappa shape index (κ2) is 4.03. The first-order chi connectivity index (χ1) is 8.63. The summed E-state index contributed by atoms with van der Waals surface area (Å²) in [7, 11) is 0. The first-order valence-corrected chi connectivity index (χ1v) is 5.94. The molecule has 4 heteroatoms. The normalized spacial score (nSPS) is 11.0. The Kier molecular flexibility index (Phi) is 2.49. The van der Waals surface area contributed by atoms with Crippen molar-refractivity contribution in [3.8, 4) is 11.5 Å². The number of nitrogen functional groups attached to an aromatic ring is 1. The molecule has 0 radical (unpaired) electrons. The number of nitrogens with zero attached hydrogens (tertiary/aromatic N) is 1. The van der Waals surface area contributed by atoms with Gasteiger partial charge < -0.3 is 10.2 Å². The van der Waals surface area contributed by atoms with E-state index < -0.39 is 0 Å². The van der Waals surface area contributed by atoms with Crippen molar-refractivity contribution in [2.24, 2.45) is 0 Å². The van der Waals surface area contributed by atoms with Crippen LogP contribution in [0.25, 0.3) is 22.6 Å². The summed E-state index contributed by atoms with van der Waals surface area (Å²) in [5, 5.41) is 0.703. The van der Waals surface area contributed by atoms with Crippen molar-refractivity contribution in [1.29, 1.82) is 0 Å². The van der Waals surface area contributed by atoms with Gasteiger partial charge in [0.05, 0.1) is 0 Å². The maximum atomic E-state index is 6.10. The molecule has 2 aromatic carbocycles. The number of aryl methyl sites for hydroxylation is 1. The zero-order chi connectivity index (χ0) is 12.7. The fourth-order valence-electron chi connectivity index (χ4n) is 1.79. The summed E-state index contributed by atoms with van der Waals surface area (Å²) in [5.41, 5.74) is 9.73. The van der Waals surface area contributed by atoms with Crippen LogP contribution in [0.4, 0.5) is 5.69 Å². The lowest BCUT2D eigenvalue weighted by Gasteiger charge is -1.99. The van der Waals surface area contributed by atoms with Gasteiger partial charge in [-0.2, -0.15) is 0 Å². The van der Waals surface area contributed by atoms with Gasteiger partial charge in [-0.25, -0.2) is 4.98 Å². The molecule has 0 bridgehead atoms. The standard InChI is InChI=1S/C14H11ClN2O/c1-8-2-3-9(6-11(8)15)14-17-12-5-4-10(16)7-13(12)18-14/h2-7H,16H2,1H3. The molecule has 3 nitrogen and oxygen atoms in total. The van der Waals surface area contributed by atoms with Crippen molar-refractivity contribution in [1.82, 2.24) is 4.98 Å². The molecule has 0 aliphatic carbocycles. The lowest BCUT2D eigenvalue weighted by atomic mass is 10.1. The lowest BCUT2D eigenvalue weighted by Crippen LogP contribution is -1.81. The molecule has 0 saturated carbocycles. The molecular formula is C14H11ClN2O. The number of hydrogen-bond acceptors (Lipinski definition) is 3. The van der Waals surface area contributed by atoms with Crippen molar-refractivity contribution >= 4 is 28.4 Å². The minimum Gasteiger partial charge on any atom is -0.436 e. The van der Waals surface area contributed by atoms with E-state index in [1.807, 2.05) is 31.2 Å². The average Bonchev–Trinajstić information content (AvgIpc) is 2.75. The third kappa shape index (κ3) is 1.83. The summed E-state index contributed by atoms with van der Waals surface area (Å²) >= 11 is 6.10. The van der Waals surface area contributed by atoms with Gasteiger partial charge in [-0.05, 0) is 36.8 Å². The number of benzene rings is 2. The van der Waals surface area contributed by atoms with Gasteiger partial charge in [-0.1, -0.05) is 17.7 Å². The van der Waals surface area contributed by atoms with Gasteiger partial charge in [-0.3, -0.25) is 0 Å². The van der Waals surface area contributed by atoms with E-state index in [1.54, 1.807) is 12.1 Å². The fraction of sp³-hybridized carbons (Fsp3) is 0.0714. The van der Waals surface area contributed by atoms with E-state index in [0.717, 1.165) is 16.6 Å². The molecule has 0 saturated heterocycles. The highest BCUT2D eigenvalue weighted by molar-refractivity contribution is 6.31. The van der Waals surface area contributed by atoms with E-state index in [1.165, 1.54) is 0 Å². The van der Waals surface area contributed by atoms with E-state index in [-0.39, 0.29) is 0 Å². The van der Waals surface area contributed by atoms with Crippen LogP contribution in [0.2, 0.25) is 5.02 Å². The molecule has 0 unspecified atom stereocenters. The Morgan fingerprint density at radius 1 is 1.17 bits per heavy atom. The third-order valence-electron chi connectivity index (χ3n) is 2.83. The number of anilines is 1. The SMILES string of the molecule is Cc1ccc(-c2nc3ccc(N)cc3o2)cc1Cl. The molecule has 2 N–H and O–H groups in total. The first kappa shape index (κ1) is 11.1. The molecular weight excluding hydrogens is 248 g/mol. The molecule has 0 spiro atoms. The van der Waals surface area contributed by atoms with E-state index in [4.69, 9.17) is 21.8 Å². The van der Waals surface area contributed by atoms with Gasteiger partial charge in [0.15, 0.2) is 5.58 Å². The number of nitrogens with two attached hydrogens (primary N) is 1. The van der Waals surface area contributed by atoms with Crippen LogP contribution in [0.3, 0.4) is 0 Å². The van der Waals surface area contributed by atoms with Crippen LogP contribution in [0.15, 0.2) is 40.8 Å². The summed E-state index contributed by atoms with van der Waals surface area (Å²) in [6, 6.07) is 11.1. The predicted octanol–water partition coefficient (Wildman–Crippen LogP) is 4.04. The molecule has 3 aromatic rings. The molecule has 0 aliphatic heterocycles. The Morgan fingerprint density at radius 2 is 2.00 bits per heavy atom. The number of rotatable bonds is 1. The van der Waals surface area contributed by atoms with Gasteiger partial charge in [-0.15, -0.1) is 0 Å². The van der Waals surface area contributed by atoms with Crippen LogP contribution in [0.5, 0.6) is 0 Å². The fourth-order valence-corrected chi connectivity index (χ4v) is 1.97. The van der Waals surface area contributed by atoms with Gasteiger partial charge in [0.2, 0.25) is 5.89 Å². The number of halogens is 1. The Hall–Kier alpha value is -2.00. The summed E-state index contributed by atoms with van der Waals surface area (Å²) in [5.74, 6) is 0.553. The highest BCUT2D eigenvalue weighted by Crippen LogP contribution is 2.28. The maximum absolute atomic E-state index is 6.10. The molecule has 0 atom stereocenters. The molecule has 0 amide bonds. The van der Waals surface area contributed by atoms with Crippen molar-refractivity contribution in [2.45, 2.75) is 6.92 Å². The van der Waals surface area contributed by atoms with Crippen molar-refractivity contribution in [3.63, 3.8) is 0 Å². The molecule has 18 heavy (non-hydrogen) atoms. The Morgan fingerprint density at radius 3 is 2.78 bits per heavy atom. The van der Waals surface area contributed by atoms with Gasteiger partial charge in [0.25, 0.3) is 0 Å². The van der Waals surface area contributed by atoms with E-state index in [0.29, 0.717) is 22.2 Å². The summed E-state index contributed by atoms with van der Waals surface area (Å²) < 4.78 is 5.68. The Labute approximate surface area is 109 Å². The number of oxazole rings is 1. The quantitative estimate of drug-likeness (QED) is 0.670. The molecule has 1 heterocycles. The topological polar surface area (TPSA) is 52.0 Å². The zero-order valence-electron chi connectivity index (χ0n) is 9.77. The number of aromatic nitrogens is 1. The van der Waals surface area contributed by atoms with Gasteiger partial charge >= 0.3 is 0 Å². The first-order valence-electron chi connectivity index (χ1n) is 5.56. The van der Waals surface area contributed by atoms with Crippen LogP contribution in [0.1, 0.15) is 5.56 Å². The minimum atomic E-state index is 0.553. The third-order valence-corrected chi connectivity index (χ3v) is 3.24. The Balaban J connectivity index is 2.16. The second-order valence-electron chi connectivity index (χ2n) is 4.21. The number of fused-ring (bicyclic) bond motifs is 1. The molecule has 90 valence electrons. The van der Waals surface area contributed by atoms with E-state index in [2.05, 4.69) is 4.98 Å². The second-order valence-corrected chi connectivity index (χ2v) is 4.62. The van der Waals surface area contributed by atoms with Crippen LogP contribution < -0.4 is 5.73 Å². The van der Waals surface area contributed by atoms with Crippen molar-refractivity contribution < 1.29 is 4.42 Å². The average molecular weight is 259 g/mol. The maximum Gasteiger partial charge on any atom is 0.227 e. The van der Waals surface area contributed by atoms with E-state index in [9.17, 15) is 0 Å². The highest BCUT2D eigenvalue weighted by Gasteiger charge is 2.09. The molecule has 3 rings (SSSR count). The van der Waals surface area contributed by atoms with Crippen LogP contribution in [-0.4, -0.2) is 4.98 Å². The zero-order valence-corrected chi connectivity index (χ0v) is 10.5. The van der Waals surface area contributed by atoms with Gasteiger partial charge in [0.1, 0.15) is 5.52 Å². The molecule has 1 aromatic heterocycles. The Bertz CT molecular complexity index is 734. The molecule has 0 fully saturated rings. The van der Waals surface area contributed by atoms with Crippen molar-refractivity contribution in [3.05, 3.63) is 47.0 Å². The van der Waals surface area contributed by atoms with Crippen LogP contribution in [-0.2, 0) is 0 Å². The highest BCUT2D eigenvalue weighted by atomic mass is 35.5. The smallest absolute Gasteiger partial charge is 0.227 e. The monoisotopic (exact) mass is 258 g/mol. The number of hydrogen-bond donors (Lipinski definition) is 1. The molecule has 0 aliphatic rings. The largest absolute Gasteiger partial charge is 0.436 e. The van der Waals surface area contributed by atoms with E-state index >= 15 is 0 Å². The lowest BCUT2D eigenvalue weighted by molar-refractivity contribution is 0.620. The van der Waals surface area contributed by atoms with Crippen LogP contribution >= 0.6 is 11.6 Å².